The monoisotopic (exact) mass is 390 g/mol. The number of benzene rings is 3. The molecule has 140 valence electrons. The highest BCUT2D eigenvalue weighted by molar-refractivity contribution is 6.17. The van der Waals surface area contributed by atoms with Gasteiger partial charge >= 0.3 is 0 Å². The van der Waals surface area contributed by atoms with Crippen LogP contribution in [0.5, 0.6) is 5.75 Å². The quantitative estimate of drug-likeness (QED) is 0.293. The Morgan fingerprint density at radius 2 is 1.54 bits per heavy atom. The number of alkyl halides is 1. The van der Waals surface area contributed by atoms with Gasteiger partial charge in [0.25, 0.3) is 0 Å². The average Bonchev–Trinajstić information content (AvgIpc) is 2.75. The van der Waals surface area contributed by atoms with Gasteiger partial charge in [0.15, 0.2) is 0 Å². The van der Waals surface area contributed by atoms with Crippen molar-refractivity contribution in [1.29, 1.82) is 0 Å². The summed E-state index contributed by atoms with van der Waals surface area (Å²) in [7, 11) is 0. The lowest BCUT2D eigenvalue weighted by Crippen LogP contribution is -2.08. The fourth-order valence-electron chi connectivity index (χ4n) is 3.17. The van der Waals surface area contributed by atoms with Crippen molar-refractivity contribution in [3.8, 4) is 28.2 Å². The van der Waals surface area contributed by atoms with Crippen molar-refractivity contribution in [3.63, 3.8) is 0 Å². The first-order chi connectivity index (χ1) is 13.8. The largest absolute Gasteiger partial charge is 0.493 e. The van der Waals surface area contributed by atoms with Gasteiger partial charge in [0.2, 0.25) is 5.43 Å². The van der Waals surface area contributed by atoms with E-state index in [0.29, 0.717) is 40.5 Å². The number of halogens is 1. The Kier molecular flexibility index (Phi) is 5.45. The highest BCUT2D eigenvalue weighted by Crippen LogP contribution is 2.33. The molecule has 0 aliphatic carbocycles. The minimum Gasteiger partial charge on any atom is -0.493 e. The normalized spacial score (nSPS) is 10.9. The Labute approximate surface area is 168 Å². The van der Waals surface area contributed by atoms with Gasteiger partial charge in [-0.05, 0) is 24.1 Å². The molecule has 1 aromatic heterocycles. The van der Waals surface area contributed by atoms with E-state index in [9.17, 15) is 4.79 Å². The number of hydrogen-bond acceptors (Lipinski definition) is 3. The van der Waals surface area contributed by atoms with Crippen LogP contribution in [0.4, 0.5) is 0 Å². The Bertz CT molecular complexity index is 1140. The van der Waals surface area contributed by atoms with Gasteiger partial charge in [0.05, 0.1) is 17.6 Å². The van der Waals surface area contributed by atoms with Gasteiger partial charge in [-0.15, -0.1) is 11.6 Å². The smallest absolute Gasteiger partial charge is 0.201 e. The molecule has 0 spiro atoms. The van der Waals surface area contributed by atoms with Gasteiger partial charge in [-0.1, -0.05) is 60.7 Å². The van der Waals surface area contributed by atoms with Crippen molar-refractivity contribution >= 4 is 22.6 Å². The summed E-state index contributed by atoms with van der Waals surface area (Å²) in [5.41, 5.74) is 2.70. The highest BCUT2D eigenvalue weighted by atomic mass is 35.5. The predicted molar refractivity (Wildman–Crippen MR) is 114 cm³/mol. The van der Waals surface area contributed by atoms with Crippen LogP contribution in [0, 0.1) is 0 Å². The van der Waals surface area contributed by atoms with E-state index in [0.717, 1.165) is 17.5 Å². The molecule has 0 saturated heterocycles. The van der Waals surface area contributed by atoms with E-state index in [2.05, 4.69) is 0 Å². The summed E-state index contributed by atoms with van der Waals surface area (Å²) in [6.07, 6.45) is 0.756. The second-order valence-corrected chi connectivity index (χ2v) is 6.79. The lowest BCUT2D eigenvalue weighted by molar-refractivity contribution is 0.318. The molecule has 0 radical (unpaired) electrons. The van der Waals surface area contributed by atoms with E-state index in [1.165, 1.54) is 0 Å². The molecule has 0 saturated carbocycles. The standard InChI is InChI=1S/C24H19ClO3/c25-14-7-15-27-19-12-13-20-21(16-19)28-24(18-10-5-2-6-11-18)22(23(20)26)17-8-3-1-4-9-17/h1-6,8-13,16H,7,14-15H2. The Morgan fingerprint density at radius 1 is 0.857 bits per heavy atom. The van der Waals surface area contributed by atoms with Crippen LogP contribution in [-0.2, 0) is 0 Å². The SMILES string of the molecule is O=c1c(-c2ccccc2)c(-c2ccccc2)oc2cc(OCCCCl)ccc12. The van der Waals surface area contributed by atoms with Gasteiger partial charge in [0.1, 0.15) is 17.1 Å². The molecule has 4 rings (SSSR count). The number of hydrogen-bond donors (Lipinski definition) is 0. The first kappa shape index (κ1) is 18.3. The Balaban J connectivity index is 1.93. The van der Waals surface area contributed by atoms with E-state index in [1.807, 2.05) is 60.7 Å². The van der Waals surface area contributed by atoms with Crippen molar-refractivity contribution < 1.29 is 9.15 Å². The maximum absolute atomic E-state index is 13.4. The predicted octanol–water partition coefficient (Wildman–Crippen LogP) is 6.13. The fraction of sp³-hybridized carbons (Fsp3) is 0.125. The molecular formula is C24H19ClO3. The molecule has 0 fully saturated rings. The molecule has 0 amide bonds. The van der Waals surface area contributed by atoms with Crippen molar-refractivity contribution in [1.82, 2.24) is 0 Å². The summed E-state index contributed by atoms with van der Waals surface area (Å²) in [6.45, 7) is 0.521. The van der Waals surface area contributed by atoms with Gasteiger partial charge in [-0.2, -0.15) is 0 Å². The van der Waals surface area contributed by atoms with Crippen molar-refractivity contribution in [2.45, 2.75) is 6.42 Å². The third-order valence-electron chi connectivity index (χ3n) is 4.51. The van der Waals surface area contributed by atoms with Gasteiger partial charge in [0, 0.05) is 17.5 Å². The molecule has 28 heavy (non-hydrogen) atoms. The molecule has 0 bridgehead atoms. The Morgan fingerprint density at radius 3 is 2.21 bits per heavy atom. The first-order valence-corrected chi connectivity index (χ1v) is 9.72. The van der Waals surface area contributed by atoms with Crippen molar-refractivity contribution in [3.05, 3.63) is 89.1 Å². The van der Waals surface area contributed by atoms with E-state index < -0.39 is 0 Å². The van der Waals surface area contributed by atoms with Crippen LogP contribution in [0.1, 0.15) is 6.42 Å². The van der Waals surface area contributed by atoms with Gasteiger partial charge < -0.3 is 9.15 Å². The molecule has 0 aliphatic rings. The lowest BCUT2D eigenvalue weighted by Gasteiger charge is -2.12. The topological polar surface area (TPSA) is 39.4 Å². The minimum atomic E-state index is -0.0568. The molecule has 4 aromatic rings. The minimum absolute atomic E-state index is 0.0568. The zero-order valence-electron chi connectivity index (χ0n) is 15.2. The highest BCUT2D eigenvalue weighted by Gasteiger charge is 2.18. The second-order valence-electron chi connectivity index (χ2n) is 6.42. The average molecular weight is 391 g/mol. The molecule has 3 nitrogen and oxygen atoms in total. The number of rotatable bonds is 6. The van der Waals surface area contributed by atoms with Crippen LogP contribution < -0.4 is 10.2 Å². The van der Waals surface area contributed by atoms with Gasteiger partial charge in [-0.25, -0.2) is 0 Å². The molecule has 0 atom stereocenters. The first-order valence-electron chi connectivity index (χ1n) is 9.18. The van der Waals surface area contributed by atoms with E-state index in [-0.39, 0.29) is 5.43 Å². The molecule has 4 heteroatoms. The Hall–Kier alpha value is -3.04. The van der Waals surface area contributed by atoms with Crippen LogP contribution in [0.25, 0.3) is 33.4 Å². The third kappa shape index (κ3) is 3.67. The maximum Gasteiger partial charge on any atom is 0.201 e. The van der Waals surface area contributed by atoms with Crippen LogP contribution in [0.15, 0.2) is 88.1 Å². The third-order valence-corrected chi connectivity index (χ3v) is 4.78. The zero-order chi connectivity index (χ0) is 19.3. The fourth-order valence-corrected chi connectivity index (χ4v) is 3.28. The van der Waals surface area contributed by atoms with Gasteiger partial charge in [-0.3, -0.25) is 4.79 Å². The van der Waals surface area contributed by atoms with Crippen LogP contribution >= 0.6 is 11.6 Å². The molecular weight excluding hydrogens is 372 g/mol. The molecule has 0 N–H and O–H groups in total. The van der Waals surface area contributed by atoms with Crippen molar-refractivity contribution in [2.75, 3.05) is 12.5 Å². The summed E-state index contributed by atoms with van der Waals surface area (Å²) in [4.78, 5) is 13.4. The van der Waals surface area contributed by atoms with Crippen LogP contribution in [-0.4, -0.2) is 12.5 Å². The lowest BCUT2D eigenvalue weighted by atomic mass is 9.98. The summed E-state index contributed by atoms with van der Waals surface area (Å²) in [5, 5.41) is 0.531. The van der Waals surface area contributed by atoms with Crippen LogP contribution in [0.3, 0.4) is 0 Å². The van der Waals surface area contributed by atoms with E-state index in [4.69, 9.17) is 20.8 Å². The molecule has 3 aromatic carbocycles. The van der Waals surface area contributed by atoms with Crippen molar-refractivity contribution in [2.24, 2.45) is 0 Å². The summed E-state index contributed by atoms with van der Waals surface area (Å²) < 4.78 is 12.0. The van der Waals surface area contributed by atoms with Crippen LogP contribution in [0.2, 0.25) is 0 Å². The maximum atomic E-state index is 13.4. The second kappa shape index (κ2) is 8.32. The summed E-state index contributed by atoms with van der Waals surface area (Å²) >= 11 is 5.71. The molecule has 0 unspecified atom stereocenters. The number of fused-ring (bicyclic) bond motifs is 1. The zero-order valence-corrected chi connectivity index (χ0v) is 16.0. The van der Waals surface area contributed by atoms with E-state index in [1.54, 1.807) is 18.2 Å². The molecule has 1 heterocycles. The summed E-state index contributed by atoms with van der Waals surface area (Å²) in [5.74, 6) is 1.76. The number of ether oxygens (including phenoxy) is 1. The molecule has 0 aliphatic heterocycles. The van der Waals surface area contributed by atoms with E-state index >= 15 is 0 Å². The summed E-state index contributed by atoms with van der Waals surface area (Å²) in [6, 6.07) is 24.6.